The van der Waals surface area contributed by atoms with E-state index >= 15 is 0 Å². The van der Waals surface area contributed by atoms with Crippen molar-refractivity contribution in [1.29, 1.82) is 0 Å². The van der Waals surface area contributed by atoms with Crippen LogP contribution in [0.1, 0.15) is 18.0 Å². The second-order valence-corrected chi connectivity index (χ2v) is 4.14. The molecule has 1 atom stereocenters. The Balaban J connectivity index is 0.00000256. The quantitative estimate of drug-likeness (QED) is 0.890. The Hall–Kier alpha value is -0.590. The molecule has 0 aliphatic carbocycles. The van der Waals surface area contributed by atoms with E-state index in [9.17, 15) is 13.9 Å². The Labute approximate surface area is 112 Å². The number of phenolic OH excluding ortho intramolecular Hbond substituents is 1. The van der Waals surface area contributed by atoms with E-state index in [-0.39, 0.29) is 23.9 Å². The third kappa shape index (κ3) is 4.29. The molecule has 3 N–H and O–H groups in total. The van der Waals surface area contributed by atoms with Crippen LogP contribution in [0.5, 0.6) is 11.5 Å². The van der Waals surface area contributed by atoms with Gasteiger partial charge >= 0.3 is 0 Å². The van der Waals surface area contributed by atoms with Crippen LogP contribution in [0.15, 0.2) is 16.6 Å². The van der Waals surface area contributed by atoms with Gasteiger partial charge in [-0.1, -0.05) is 0 Å². The SMILES string of the molecule is COc1cc([C@H](N)CC(F)F)cc(Br)c1O.Cl. The van der Waals surface area contributed by atoms with E-state index in [2.05, 4.69) is 15.9 Å². The van der Waals surface area contributed by atoms with Gasteiger partial charge in [0.25, 0.3) is 0 Å². The maximum atomic E-state index is 12.2. The van der Waals surface area contributed by atoms with Gasteiger partial charge in [0.1, 0.15) is 0 Å². The molecule has 0 fully saturated rings. The molecule has 3 nitrogen and oxygen atoms in total. The molecule has 1 aromatic rings. The zero-order valence-electron chi connectivity index (χ0n) is 8.99. The van der Waals surface area contributed by atoms with Crippen molar-refractivity contribution in [2.75, 3.05) is 7.11 Å². The molecule has 0 bridgehead atoms. The zero-order valence-corrected chi connectivity index (χ0v) is 11.4. The highest BCUT2D eigenvalue weighted by Gasteiger charge is 2.16. The van der Waals surface area contributed by atoms with Gasteiger partial charge in [-0.3, -0.25) is 0 Å². The van der Waals surface area contributed by atoms with Crippen LogP contribution in [0.25, 0.3) is 0 Å². The summed E-state index contributed by atoms with van der Waals surface area (Å²) in [6.07, 6.45) is -2.89. The van der Waals surface area contributed by atoms with Crippen LogP contribution in [0, 0.1) is 0 Å². The lowest BCUT2D eigenvalue weighted by atomic mass is 10.0. The van der Waals surface area contributed by atoms with Crippen LogP contribution in [0.2, 0.25) is 0 Å². The standard InChI is InChI=1S/C10H12BrF2NO2.ClH/c1-16-8-3-5(2-6(11)10(8)15)7(14)4-9(12)13;/h2-3,7,9,15H,4,14H2,1H3;1H/t7-;/m1./s1. The minimum atomic E-state index is -2.46. The first-order chi connectivity index (χ1) is 7.45. The Morgan fingerprint density at radius 3 is 2.53 bits per heavy atom. The Kier molecular flexibility index (Phi) is 6.74. The van der Waals surface area contributed by atoms with E-state index in [1.807, 2.05) is 0 Å². The number of aromatic hydroxyl groups is 1. The second kappa shape index (κ2) is 6.98. The van der Waals surface area contributed by atoms with Crippen molar-refractivity contribution >= 4 is 28.3 Å². The summed E-state index contributed by atoms with van der Waals surface area (Å²) in [6, 6.07) is 2.17. The van der Waals surface area contributed by atoms with Crippen LogP contribution in [-0.2, 0) is 0 Å². The Morgan fingerprint density at radius 1 is 1.47 bits per heavy atom. The van der Waals surface area contributed by atoms with E-state index in [0.717, 1.165) is 0 Å². The molecule has 1 rings (SSSR count). The maximum Gasteiger partial charge on any atom is 0.240 e. The second-order valence-electron chi connectivity index (χ2n) is 3.29. The molecule has 1 aromatic carbocycles. The van der Waals surface area contributed by atoms with Crippen molar-refractivity contribution in [3.05, 3.63) is 22.2 Å². The van der Waals surface area contributed by atoms with Crippen LogP contribution >= 0.6 is 28.3 Å². The molecular weight excluding hydrogens is 319 g/mol. The monoisotopic (exact) mass is 331 g/mol. The third-order valence-electron chi connectivity index (χ3n) is 2.13. The fourth-order valence-corrected chi connectivity index (χ4v) is 1.75. The van der Waals surface area contributed by atoms with Gasteiger partial charge in [-0.05, 0) is 33.6 Å². The number of nitrogens with two attached hydrogens (primary N) is 1. The van der Waals surface area contributed by atoms with Crippen molar-refractivity contribution in [3.63, 3.8) is 0 Å². The first-order valence-corrected chi connectivity index (χ1v) is 5.35. The van der Waals surface area contributed by atoms with E-state index in [4.69, 9.17) is 10.5 Å². The van der Waals surface area contributed by atoms with Gasteiger partial charge in [-0.15, -0.1) is 12.4 Å². The van der Waals surface area contributed by atoms with Gasteiger partial charge in [0.05, 0.1) is 11.6 Å². The zero-order chi connectivity index (χ0) is 12.3. The highest BCUT2D eigenvalue weighted by molar-refractivity contribution is 9.10. The largest absolute Gasteiger partial charge is 0.503 e. The molecule has 0 unspecified atom stereocenters. The first-order valence-electron chi connectivity index (χ1n) is 4.55. The number of methoxy groups -OCH3 is 1. The predicted molar refractivity (Wildman–Crippen MR) is 67.2 cm³/mol. The van der Waals surface area contributed by atoms with Gasteiger partial charge in [0.2, 0.25) is 6.43 Å². The van der Waals surface area contributed by atoms with E-state index in [1.165, 1.54) is 19.2 Å². The molecule has 0 amide bonds. The molecule has 7 heteroatoms. The van der Waals surface area contributed by atoms with Crippen LogP contribution < -0.4 is 10.5 Å². The highest BCUT2D eigenvalue weighted by Crippen LogP contribution is 2.37. The minimum Gasteiger partial charge on any atom is -0.503 e. The fraction of sp³-hybridized carbons (Fsp3) is 0.400. The lowest BCUT2D eigenvalue weighted by Crippen LogP contribution is -2.14. The number of alkyl halides is 2. The van der Waals surface area contributed by atoms with E-state index < -0.39 is 18.9 Å². The summed E-state index contributed by atoms with van der Waals surface area (Å²) in [5.41, 5.74) is 6.09. The van der Waals surface area contributed by atoms with Crippen LogP contribution in [0.3, 0.4) is 0 Å². The van der Waals surface area contributed by atoms with Crippen LogP contribution in [-0.4, -0.2) is 18.6 Å². The summed E-state index contributed by atoms with van der Waals surface area (Å²) < 4.78 is 29.6. The molecule has 0 spiro atoms. The van der Waals surface area contributed by atoms with Crippen molar-refractivity contribution in [2.24, 2.45) is 5.73 Å². The van der Waals surface area contributed by atoms with Crippen molar-refractivity contribution in [3.8, 4) is 11.5 Å². The molecule has 98 valence electrons. The van der Waals surface area contributed by atoms with Gasteiger partial charge < -0.3 is 15.6 Å². The number of benzene rings is 1. The Bertz CT molecular complexity index is 380. The number of hydrogen-bond donors (Lipinski definition) is 2. The van der Waals surface area contributed by atoms with Gasteiger partial charge in [-0.25, -0.2) is 8.78 Å². The van der Waals surface area contributed by atoms with E-state index in [0.29, 0.717) is 10.0 Å². The molecule has 17 heavy (non-hydrogen) atoms. The molecule has 0 aliphatic rings. The molecule has 0 aliphatic heterocycles. The molecule has 0 aromatic heterocycles. The van der Waals surface area contributed by atoms with Crippen molar-refractivity contribution in [1.82, 2.24) is 0 Å². The van der Waals surface area contributed by atoms with E-state index in [1.54, 1.807) is 0 Å². The lowest BCUT2D eigenvalue weighted by Gasteiger charge is -2.14. The average Bonchev–Trinajstić information content (AvgIpc) is 2.20. The number of halogens is 4. The summed E-state index contributed by atoms with van der Waals surface area (Å²) in [7, 11) is 1.38. The lowest BCUT2D eigenvalue weighted by molar-refractivity contribution is 0.128. The Morgan fingerprint density at radius 2 is 2.06 bits per heavy atom. The summed E-state index contributed by atoms with van der Waals surface area (Å²) in [5, 5.41) is 9.52. The van der Waals surface area contributed by atoms with Crippen molar-refractivity contribution < 1.29 is 18.6 Å². The van der Waals surface area contributed by atoms with Gasteiger partial charge in [0, 0.05) is 12.5 Å². The summed E-state index contributed by atoms with van der Waals surface area (Å²) in [4.78, 5) is 0. The van der Waals surface area contributed by atoms with Gasteiger partial charge in [-0.2, -0.15) is 0 Å². The number of phenols is 1. The highest BCUT2D eigenvalue weighted by atomic mass is 79.9. The van der Waals surface area contributed by atoms with Crippen LogP contribution in [0.4, 0.5) is 8.78 Å². The smallest absolute Gasteiger partial charge is 0.240 e. The minimum absolute atomic E-state index is 0. The first kappa shape index (κ1) is 16.4. The summed E-state index contributed by atoms with van der Waals surface area (Å²) >= 11 is 3.10. The fourth-order valence-electron chi connectivity index (χ4n) is 1.29. The summed E-state index contributed by atoms with van der Waals surface area (Å²) in [6.45, 7) is 0. The molecule has 0 saturated heterocycles. The average molecular weight is 333 g/mol. The third-order valence-corrected chi connectivity index (χ3v) is 2.74. The molecule has 0 heterocycles. The number of hydrogen-bond acceptors (Lipinski definition) is 3. The van der Waals surface area contributed by atoms with Crippen molar-refractivity contribution in [2.45, 2.75) is 18.9 Å². The molecule has 0 saturated carbocycles. The predicted octanol–water partition coefficient (Wildman–Crippen LogP) is 3.24. The maximum absolute atomic E-state index is 12.2. The number of rotatable bonds is 4. The topological polar surface area (TPSA) is 55.5 Å². The van der Waals surface area contributed by atoms with Gasteiger partial charge in [0.15, 0.2) is 11.5 Å². The number of ether oxygens (including phenoxy) is 1. The normalized spacial score (nSPS) is 12.1. The molecule has 0 radical (unpaired) electrons. The summed E-state index contributed by atoms with van der Waals surface area (Å²) in [5.74, 6) is 0.129. The molecular formula is C10H13BrClF2NO2.